The van der Waals surface area contributed by atoms with Crippen LogP contribution in [0.4, 0.5) is 10.1 Å². The van der Waals surface area contributed by atoms with Gasteiger partial charge in [-0.05, 0) is 79.9 Å². The molecule has 8 nitrogen and oxygen atoms in total. The number of hydrogen-bond donors (Lipinski definition) is 1. The average molecular weight is 646 g/mol. The fraction of sp³-hybridized carbons (Fsp3) is 0.278. The van der Waals surface area contributed by atoms with Crippen LogP contribution in [0.25, 0.3) is 0 Å². The molecule has 4 aromatic carbocycles. The van der Waals surface area contributed by atoms with Crippen molar-refractivity contribution < 1.29 is 27.1 Å². The molecule has 0 radical (unpaired) electrons. The predicted molar refractivity (Wildman–Crippen MR) is 177 cm³/mol. The van der Waals surface area contributed by atoms with Crippen LogP contribution in [-0.4, -0.2) is 50.4 Å². The minimum Gasteiger partial charge on any atom is -0.494 e. The molecule has 0 saturated heterocycles. The van der Waals surface area contributed by atoms with Gasteiger partial charge in [0.1, 0.15) is 24.2 Å². The van der Waals surface area contributed by atoms with Crippen LogP contribution in [0.3, 0.4) is 0 Å². The molecule has 0 spiro atoms. The Morgan fingerprint density at radius 3 is 1.98 bits per heavy atom. The fourth-order valence-corrected chi connectivity index (χ4v) is 6.33. The Morgan fingerprint density at radius 1 is 0.826 bits per heavy atom. The van der Waals surface area contributed by atoms with E-state index >= 15 is 0 Å². The molecule has 0 aromatic heterocycles. The lowest BCUT2D eigenvalue weighted by molar-refractivity contribution is -0.140. The van der Waals surface area contributed by atoms with Crippen LogP contribution in [0.5, 0.6) is 5.75 Å². The lowest BCUT2D eigenvalue weighted by Gasteiger charge is -2.34. The number of carbonyl (C=O) groups is 2. The molecule has 4 aromatic rings. The molecule has 242 valence electrons. The highest BCUT2D eigenvalue weighted by Crippen LogP contribution is 2.27. The standard InChI is InChI=1S/C36H40FN3O5S/c1-4-27(3)38-36(42)34(24-28-12-8-6-9-13-28)39(25-29-14-10-7-11-15-29)35(41)26-40(31-18-20-32(21-19-31)45-5-2)46(43,44)33-22-16-30(37)17-23-33/h6-23,27,34H,4-5,24-26H2,1-3H3,(H,38,42)/t27-,34-/m0/s1. The quantitative estimate of drug-likeness (QED) is 0.172. The first kappa shape index (κ1) is 34.2. The molecule has 2 atom stereocenters. The SMILES string of the molecule is CCOc1ccc(N(CC(=O)N(Cc2ccccc2)[C@@H](Cc2ccccc2)C(=O)N[C@@H](C)CC)S(=O)(=O)c2ccc(F)cc2)cc1. The summed E-state index contributed by atoms with van der Waals surface area (Å²) in [5, 5.41) is 3.02. The molecule has 0 aliphatic carbocycles. The Labute approximate surface area is 270 Å². The van der Waals surface area contributed by atoms with Crippen LogP contribution < -0.4 is 14.4 Å². The van der Waals surface area contributed by atoms with Crippen molar-refractivity contribution in [2.45, 2.75) is 57.1 Å². The summed E-state index contributed by atoms with van der Waals surface area (Å²) < 4.78 is 48.4. The Bertz CT molecular complexity index is 1670. The number of hydrogen-bond acceptors (Lipinski definition) is 5. The van der Waals surface area contributed by atoms with Gasteiger partial charge in [-0.1, -0.05) is 67.6 Å². The van der Waals surface area contributed by atoms with Crippen molar-refractivity contribution in [3.05, 3.63) is 126 Å². The maximum absolute atomic E-state index is 14.5. The number of amides is 2. The molecular weight excluding hydrogens is 605 g/mol. The summed E-state index contributed by atoms with van der Waals surface area (Å²) in [4.78, 5) is 29.6. The molecular formula is C36H40FN3O5S. The number of carbonyl (C=O) groups excluding carboxylic acids is 2. The average Bonchev–Trinajstić information content (AvgIpc) is 3.06. The zero-order valence-corrected chi connectivity index (χ0v) is 27.1. The number of sulfonamides is 1. The Balaban J connectivity index is 1.79. The van der Waals surface area contributed by atoms with Crippen molar-refractivity contribution in [1.29, 1.82) is 0 Å². The third-order valence-corrected chi connectivity index (χ3v) is 9.37. The van der Waals surface area contributed by atoms with Gasteiger partial charge in [-0.3, -0.25) is 13.9 Å². The largest absolute Gasteiger partial charge is 0.494 e. The molecule has 0 bridgehead atoms. The summed E-state index contributed by atoms with van der Waals surface area (Å²) in [6.07, 6.45) is 0.910. The Kier molecular flexibility index (Phi) is 11.9. The van der Waals surface area contributed by atoms with E-state index in [1.54, 1.807) is 24.3 Å². The van der Waals surface area contributed by atoms with E-state index in [0.717, 1.165) is 39.7 Å². The van der Waals surface area contributed by atoms with Crippen molar-refractivity contribution in [3.8, 4) is 5.75 Å². The smallest absolute Gasteiger partial charge is 0.264 e. The Morgan fingerprint density at radius 2 is 1.41 bits per heavy atom. The number of benzene rings is 4. The second kappa shape index (κ2) is 16.0. The Hall–Kier alpha value is -4.70. The molecule has 46 heavy (non-hydrogen) atoms. The van der Waals surface area contributed by atoms with Crippen molar-refractivity contribution in [3.63, 3.8) is 0 Å². The van der Waals surface area contributed by atoms with Crippen LogP contribution in [-0.2, 0) is 32.6 Å². The van der Waals surface area contributed by atoms with E-state index in [-0.39, 0.29) is 35.5 Å². The molecule has 4 rings (SSSR count). The highest BCUT2D eigenvalue weighted by molar-refractivity contribution is 7.92. The van der Waals surface area contributed by atoms with Gasteiger partial charge in [-0.2, -0.15) is 0 Å². The van der Waals surface area contributed by atoms with Gasteiger partial charge in [0.05, 0.1) is 17.2 Å². The lowest BCUT2D eigenvalue weighted by Crippen LogP contribution is -2.54. The number of ether oxygens (including phenoxy) is 1. The first-order valence-corrected chi connectivity index (χ1v) is 16.7. The molecule has 0 saturated carbocycles. The van der Waals surface area contributed by atoms with Crippen LogP contribution in [0.15, 0.2) is 114 Å². The number of nitrogens with zero attached hydrogens (tertiary/aromatic N) is 2. The van der Waals surface area contributed by atoms with E-state index < -0.39 is 34.3 Å². The zero-order chi connectivity index (χ0) is 33.1. The number of anilines is 1. The molecule has 0 aliphatic rings. The topological polar surface area (TPSA) is 96.0 Å². The third kappa shape index (κ3) is 8.94. The van der Waals surface area contributed by atoms with E-state index in [9.17, 15) is 22.4 Å². The summed E-state index contributed by atoms with van der Waals surface area (Å²) >= 11 is 0. The van der Waals surface area contributed by atoms with Gasteiger partial charge in [0.2, 0.25) is 11.8 Å². The van der Waals surface area contributed by atoms with Gasteiger partial charge in [-0.15, -0.1) is 0 Å². The minimum atomic E-state index is -4.35. The summed E-state index contributed by atoms with van der Waals surface area (Å²) in [6.45, 7) is 5.57. The molecule has 2 amide bonds. The second-order valence-electron chi connectivity index (χ2n) is 10.9. The predicted octanol–water partition coefficient (Wildman–Crippen LogP) is 5.97. The number of nitrogens with one attached hydrogen (secondary N) is 1. The molecule has 0 unspecified atom stereocenters. The number of rotatable bonds is 15. The van der Waals surface area contributed by atoms with E-state index in [1.165, 1.54) is 4.90 Å². The van der Waals surface area contributed by atoms with Gasteiger partial charge in [0.15, 0.2) is 0 Å². The van der Waals surface area contributed by atoms with Crippen molar-refractivity contribution in [2.75, 3.05) is 17.5 Å². The summed E-state index contributed by atoms with van der Waals surface area (Å²) in [6, 6.07) is 28.3. The molecule has 0 fully saturated rings. The van der Waals surface area contributed by atoms with Crippen LogP contribution in [0.1, 0.15) is 38.3 Å². The maximum Gasteiger partial charge on any atom is 0.264 e. The van der Waals surface area contributed by atoms with E-state index in [0.29, 0.717) is 18.8 Å². The van der Waals surface area contributed by atoms with Gasteiger partial charge in [0.25, 0.3) is 10.0 Å². The van der Waals surface area contributed by atoms with Gasteiger partial charge < -0.3 is 15.0 Å². The van der Waals surface area contributed by atoms with Gasteiger partial charge >= 0.3 is 0 Å². The summed E-state index contributed by atoms with van der Waals surface area (Å²) in [5.41, 5.74) is 1.84. The summed E-state index contributed by atoms with van der Waals surface area (Å²) in [7, 11) is -4.35. The molecule has 0 aliphatic heterocycles. The van der Waals surface area contributed by atoms with Gasteiger partial charge in [-0.25, -0.2) is 12.8 Å². The zero-order valence-electron chi connectivity index (χ0n) is 26.3. The van der Waals surface area contributed by atoms with E-state index in [4.69, 9.17) is 4.74 Å². The second-order valence-corrected chi connectivity index (χ2v) is 12.8. The monoisotopic (exact) mass is 645 g/mol. The van der Waals surface area contributed by atoms with Crippen molar-refractivity contribution in [1.82, 2.24) is 10.2 Å². The highest BCUT2D eigenvalue weighted by atomic mass is 32.2. The van der Waals surface area contributed by atoms with Crippen LogP contribution in [0, 0.1) is 5.82 Å². The number of halogens is 1. The van der Waals surface area contributed by atoms with Crippen molar-refractivity contribution >= 4 is 27.5 Å². The lowest BCUT2D eigenvalue weighted by atomic mass is 10.0. The van der Waals surface area contributed by atoms with Crippen LogP contribution >= 0.6 is 0 Å². The van der Waals surface area contributed by atoms with Crippen LogP contribution in [0.2, 0.25) is 0 Å². The first-order chi connectivity index (χ1) is 22.1. The fourth-order valence-electron chi connectivity index (χ4n) is 4.91. The normalized spacial score (nSPS) is 12.5. The first-order valence-electron chi connectivity index (χ1n) is 15.3. The van der Waals surface area contributed by atoms with E-state index in [1.807, 2.05) is 81.4 Å². The molecule has 1 N–H and O–H groups in total. The highest BCUT2D eigenvalue weighted by Gasteiger charge is 2.35. The minimum absolute atomic E-state index is 0.0683. The van der Waals surface area contributed by atoms with Crippen molar-refractivity contribution in [2.24, 2.45) is 0 Å². The third-order valence-electron chi connectivity index (χ3n) is 7.58. The molecule has 10 heteroatoms. The van der Waals surface area contributed by atoms with E-state index in [2.05, 4.69) is 5.32 Å². The maximum atomic E-state index is 14.5. The van der Waals surface area contributed by atoms with Gasteiger partial charge in [0, 0.05) is 19.0 Å². The summed E-state index contributed by atoms with van der Waals surface area (Å²) in [5.74, 6) is -0.972. The molecule has 0 heterocycles.